The number of para-hydroxylation sites is 1. The van der Waals surface area contributed by atoms with Gasteiger partial charge < -0.3 is 89.0 Å². The molecule has 1 aromatic heterocycles. The summed E-state index contributed by atoms with van der Waals surface area (Å²) in [5.74, 6) is -10.6. The van der Waals surface area contributed by atoms with Crippen LogP contribution in [-0.2, 0) is 78.4 Å². The van der Waals surface area contributed by atoms with Crippen LogP contribution in [0, 0.1) is 5.92 Å². The molecule has 1 saturated heterocycles. The summed E-state index contributed by atoms with van der Waals surface area (Å²) in [5.41, 5.74) is 8.21. The van der Waals surface area contributed by atoms with Crippen LogP contribution in [0.25, 0.3) is 10.9 Å². The van der Waals surface area contributed by atoms with E-state index in [-0.39, 0.29) is 74.7 Å². The fourth-order valence-corrected chi connectivity index (χ4v) is 10.7. The Kier molecular flexibility index (Phi) is 28.1. The molecule has 94 heavy (non-hydrogen) atoms. The van der Waals surface area contributed by atoms with Gasteiger partial charge in [-0.15, -0.1) is 0 Å². The molecule has 1 fully saturated rings. The van der Waals surface area contributed by atoms with Gasteiger partial charge in [0.25, 0.3) is 0 Å². The van der Waals surface area contributed by atoms with Gasteiger partial charge in [-0.2, -0.15) is 0 Å². The maximum atomic E-state index is 15.0. The Labute approximate surface area is 543 Å². The molecule has 0 aliphatic carbocycles. The number of aromatic hydroxyl groups is 3. The number of carboxylic acid groups (broad SMARTS) is 1. The van der Waals surface area contributed by atoms with Crippen molar-refractivity contribution in [3.8, 4) is 17.2 Å². The number of nitrogens with one attached hydrogen (secondary N) is 10. The van der Waals surface area contributed by atoms with Crippen LogP contribution in [-0.4, -0.2) is 182 Å². The Hall–Kier alpha value is -10.1. The van der Waals surface area contributed by atoms with E-state index in [1.165, 1.54) is 72.5 Å². The summed E-state index contributed by atoms with van der Waals surface area (Å²) in [4.78, 5) is 158. The van der Waals surface area contributed by atoms with E-state index in [9.17, 15) is 78.3 Å². The number of aromatic nitrogens is 1. The number of amides is 10. The number of carboxylic acids is 1. The average molecular weight is 1300 g/mol. The van der Waals surface area contributed by atoms with Gasteiger partial charge in [0.2, 0.25) is 59.1 Å². The summed E-state index contributed by atoms with van der Waals surface area (Å²) in [6, 6.07) is 12.4. The summed E-state index contributed by atoms with van der Waals surface area (Å²) in [6.07, 6.45) is 1.33. The SMILES string of the molecule is CC(=O)N[C@@H](Cc1ccc(O)cc1)C(=O)N[C@H]1CCCCNCCCCN(CC(=O)N[C@@H](Cc2ccc(O)cc2)C(=O)O)C(=O)[C@H](CC(C)C)NC(=O)[C@H](Cc2ccc(O)cc2)NC(=O)[C@H](CCC(N)=O)NC(=O)[C@H](CO)NC(=O)[C@H](Cc2c[nH]c3ccccc23)NC1=O. The van der Waals surface area contributed by atoms with Crippen LogP contribution in [0.15, 0.2) is 103 Å². The maximum absolute atomic E-state index is 15.0. The fraction of sp³-hybridized carbons (Fsp3) is 0.439. The second kappa shape index (κ2) is 36.2. The van der Waals surface area contributed by atoms with Gasteiger partial charge in [-0.3, -0.25) is 47.9 Å². The van der Waals surface area contributed by atoms with Gasteiger partial charge in [0.05, 0.1) is 13.2 Å². The highest BCUT2D eigenvalue weighted by Gasteiger charge is 2.36. The van der Waals surface area contributed by atoms with E-state index in [1.807, 2.05) is 0 Å². The van der Waals surface area contributed by atoms with Crippen molar-refractivity contribution in [2.75, 3.05) is 32.8 Å². The molecule has 0 saturated carbocycles. The number of phenols is 3. The number of H-pyrrole nitrogens is 1. The van der Waals surface area contributed by atoms with Crippen molar-refractivity contribution >= 4 is 75.9 Å². The van der Waals surface area contributed by atoms with Crippen LogP contribution in [0.3, 0.4) is 0 Å². The van der Waals surface area contributed by atoms with Crippen molar-refractivity contribution in [2.24, 2.45) is 11.7 Å². The number of carbonyl (C=O) groups excluding carboxylic acids is 10. The highest BCUT2D eigenvalue weighted by Crippen LogP contribution is 2.21. The highest BCUT2D eigenvalue weighted by molar-refractivity contribution is 5.99. The molecule has 0 radical (unpaired) electrons. The average Bonchev–Trinajstić information content (AvgIpc) is 1.26. The molecule has 506 valence electrons. The number of carbonyl (C=O) groups is 11. The van der Waals surface area contributed by atoms with Crippen LogP contribution in [0.2, 0.25) is 0 Å². The van der Waals surface area contributed by atoms with Crippen molar-refractivity contribution in [3.05, 3.63) is 126 Å². The summed E-state index contributed by atoms with van der Waals surface area (Å²) in [6.45, 7) is 3.73. The van der Waals surface area contributed by atoms with E-state index in [2.05, 4.69) is 52.8 Å². The first-order valence-electron chi connectivity index (χ1n) is 31.2. The Bertz CT molecular complexity index is 3420. The molecule has 4 aromatic carbocycles. The third kappa shape index (κ3) is 23.5. The first-order chi connectivity index (χ1) is 44.8. The molecule has 28 nitrogen and oxygen atoms in total. The Balaban J connectivity index is 1.36. The Morgan fingerprint density at radius 1 is 0.617 bits per heavy atom. The molecule has 2 heterocycles. The predicted molar refractivity (Wildman–Crippen MR) is 344 cm³/mol. The largest absolute Gasteiger partial charge is 0.508 e. The highest BCUT2D eigenvalue weighted by atomic mass is 16.4. The minimum Gasteiger partial charge on any atom is -0.508 e. The quantitative estimate of drug-likeness (QED) is 0.0467. The van der Waals surface area contributed by atoms with Gasteiger partial charge in [0, 0.05) is 62.7 Å². The lowest BCUT2D eigenvalue weighted by atomic mass is 10.00. The maximum Gasteiger partial charge on any atom is 0.326 e. The summed E-state index contributed by atoms with van der Waals surface area (Å²) in [5, 5.41) is 75.7. The van der Waals surface area contributed by atoms with Crippen LogP contribution in [0.4, 0.5) is 0 Å². The number of aliphatic hydroxyl groups is 1. The molecule has 5 aromatic rings. The normalized spacial score (nSPS) is 20.2. The first kappa shape index (κ1) is 73.0. The standard InChI is InChI=1S/C66H86N12O16/c1-38(2)30-54-65(92)78(36-58(85)71-55(66(93)94)33-42-17-23-46(83)24-18-42)29-9-8-28-68-27-7-6-12-49(72-61(88)51(70-39(3)80)31-40-13-19-44(81)20-14-40)59(86)75-53(34-43-35-69-48-11-5-4-10-47(43)48)63(90)77-56(37-79)64(91)73-50(25-26-57(67)84)60(87)74-52(62(89)76-54)32-41-15-21-45(82)22-16-41/h4-5,10-11,13-24,35,38,49-56,68-69,79,81-83H,6-9,12,25-34,36-37H2,1-3H3,(H2,67,84)(H,70,80)(H,71,85)(H,72,88)(H,73,91)(H,74,87)(H,75,86)(H,76,89)(H,77,90)(H,93,94)/t49-,50-,51-,52-,53-,54-,55-,56-/m0/s1. The zero-order valence-electron chi connectivity index (χ0n) is 52.8. The molecule has 0 bridgehead atoms. The minimum absolute atomic E-state index is 0.00171. The number of fused-ring (bicyclic) bond motifs is 1. The van der Waals surface area contributed by atoms with Crippen molar-refractivity contribution in [1.82, 2.24) is 57.7 Å². The monoisotopic (exact) mass is 1300 g/mol. The molecule has 0 unspecified atom stereocenters. The number of aliphatic carboxylic acids is 1. The number of nitrogens with two attached hydrogens (primary N) is 1. The molecule has 8 atom stereocenters. The molecule has 6 rings (SSSR count). The Morgan fingerprint density at radius 2 is 1.14 bits per heavy atom. The molecular formula is C66H86N12O16. The fourth-order valence-electron chi connectivity index (χ4n) is 10.7. The number of benzene rings is 4. The lowest BCUT2D eigenvalue weighted by Gasteiger charge is -2.30. The number of hydrogen-bond donors (Lipinski definition) is 16. The summed E-state index contributed by atoms with van der Waals surface area (Å²) < 4.78 is 0. The first-order valence-corrected chi connectivity index (χ1v) is 31.2. The van der Waals surface area contributed by atoms with Crippen LogP contribution < -0.4 is 53.6 Å². The van der Waals surface area contributed by atoms with Crippen LogP contribution in [0.5, 0.6) is 17.2 Å². The van der Waals surface area contributed by atoms with E-state index in [1.54, 1.807) is 56.4 Å². The van der Waals surface area contributed by atoms with Crippen molar-refractivity contribution in [2.45, 2.75) is 146 Å². The number of primary amides is 1. The van der Waals surface area contributed by atoms with Gasteiger partial charge in [-0.25, -0.2) is 4.79 Å². The topological polar surface area (TPSA) is 442 Å². The second-order valence-electron chi connectivity index (χ2n) is 23.8. The van der Waals surface area contributed by atoms with E-state index in [0.717, 1.165) is 0 Å². The lowest BCUT2D eigenvalue weighted by Crippen LogP contribution is -2.61. The van der Waals surface area contributed by atoms with Crippen molar-refractivity contribution in [3.63, 3.8) is 0 Å². The lowest BCUT2D eigenvalue weighted by molar-refractivity contribution is -0.143. The van der Waals surface area contributed by atoms with Crippen LogP contribution in [0.1, 0.15) is 94.4 Å². The molecule has 17 N–H and O–H groups in total. The Morgan fingerprint density at radius 3 is 1.72 bits per heavy atom. The molecule has 28 heteroatoms. The zero-order valence-corrected chi connectivity index (χ0v) is 52.8. The van der Waals surface area contributed by atoms with Gasteiger partial charge in [0.1, 0.15) is 65.6 Å². The molecule has 1 aliphatic heterocycles. The predicted octanol–water partition coefficient (Wildman–Crippen LogP) is 0.224. The van der Waals surface area contributed by atoms with Gasteiger partial charge in [-0.1, -0.05) is 68.4 Å². The third-order valence-corrected chi connectivity index (χ3v) is 15.7. The zero-order chi connectivity index (χ0) is 68.4. The van der Waals surface area contributed by atoms with E-state index < -0.39 is 139 Å². The minimum atomic E-state index is -1.85. The van der Waals surface area contributed by atoms with E-state index in [4.69, 9.17) is 5.73 Å². The number of phenolic OH excluding ortho intramolecular Hbond substituents is 3. The van der Waals surface area contributed by atoms with Gasteiger partial charge in [0.15, 0.2) is 0 Å². The van der Waals surface area contributed by atoms with Gasteiger partial charge in [-0.05, 0) is 129 Å². The van der Waals surface area contributed by atoms with Crippen LogP contribution >= 0.6 is 0 Å². The number of aliphatic hydroxyl groups excluding tert-OH is 1. The van der Waals surface area contributed by atoms with E-state index >= 15 is 0 Å². The smallest absolute Gasteiger partial charge is 0.326 e. The number of nitrogens with zero attached hydrogens (tertiary/aromatic N) is 1. The number of rotatable bonds is 21. The number of hydrogen-bond acceptors (Lipinski definition) is 16. The molecular weight excluding hydrogens is 1220 g/mol. The third-order valence-electron chi connectivity index (χ3n) is 15.7. The van der Waals surface area contributed by atoms with Gasteiger partial charge >= 0.3 is 5.97 Å². The van der Waals surface area contributed by atoms with Crippen molar-refractivity contribution < 1.29 is 78.3 Å². The molecule has 1 aliphatic rings. The second-order valence-corrected chi connectivity index (χ2v) is 23.8. The summed E-state index contributed by atoms with van der Waals surface area (Å²) in [7, 11) is 0. The summed E-state index contributed by atoms with van der Waals surface area (Å²) >= 11 is 0. The molecule has 10 amide bonds. The van der Waals surface area contributed by atoms with E-state index in [0.29, 0.717) is 65.5 Å². The number of aromatic amines is 1. The van der Waals surface area contributed by atoms with Crippen molar-refractivity contribution in [1.29, 1.82) is 0 Å². The molecule has 0 spiro atoms.